The summed E-state index contributed by atoms with van der Waals surface area (Å²) in [6.07, 6.45) is 4.00. The monoisotopic (exact) mass is 297 g/mol. The molecule has 0 radical (unpaired) electrons. The van der Waals surface area contributed by atoms with Gasteiger partial charge in [-0.25, -0.2) is 0 Å². The average molecular weight is 298 g/mol. The van der Waals surface area contributed by atoms with E-state index in [1.807, 2.05) is 36.4 Å². The second-order valence-corrected chi connectivity index (χ2v) is 4.47. The summed E-state index contributed by atoms with van der Waals surface area (Å²) in [5.74, 6) is 0. The molecule has 0 saturated heterocycles. The summed E-state index contributed by atoms with van der Waals surface area (Å²) in [5.41, 5.74) is 4.03. The number of rotatable bonds is 3. The van der Waals surface area contributed by atoms with Crippen molar-refractivity contribution in [1.82, 2.24) is 0 Å². The number of halogens is 1. The fourth-order valence-corrected chi connectivity index (χ4v) is 2.02. The van der Waals surface area contributed by atoms with Crippen molar-refractivity contribution in [1.29, 1.82) is 5.26 Å². The van der Waals surface area contributed by atoms with Gasteiger partial charge in [0.2, 0.25) is 0 Å². The Morgan fingerprint density at radius 2 is 1.72 bits per heavy atom. The Labute approximate surface area is 116 Å². The Bertz CT molecular complexity index is 591. The molecular formula is C16H12BrN. The van der Waals surface area contributed by atoms with Crippen molar-refractivity contribution in [2.24, 2.45) is 0 Å². The number of hydrogen-bond donors (Lipinski definition) is 0. The molecule has 2 aromatic carbocycles. The Kier molecular flexibility index (Phi) is 4.33. The molecule has 0 heterocycles. The number of nitrogens with zero attached hydrogens (tertiary/aromatic N) is 1. The van der Waals surface area contributed by atoms with Crippen molar-refractivity contribution in [3.63, 3.8) is 0 Å². The van der Waals surface area contributed by atoms with Crippen molar-refractivity contribution < 1.29 is 0 Å². The van der Waals surface area contributed by atoms with Crippen LogP contribution in [-0.4, -0.2) is 0 Å². The van der Waals surface area contributed by atoms with E-state index in [4.69, 9.17) is 5.26 Å². The third-order valence-corrected chi connectivity index (χ3v) is 3.32. The smallest absolute Gasteiger partial charge is 0.0997 e. The number of hydrogen-bond acceptors (Lipinski definition) is 1. The minimum Gasteiger partial charge on any atom is -0.192 e. The van der Waals surface area contributed by atoms with Gasteiger partial charge < -0.3 is 0 Å². The van der Waals surface area contributed by atoms with Gasteiger partial charge in [0, 0.05) is 5.33 Å². The highest BCUT2D eigenvalue weighted by Gasteiger charge is 1.96. The number of nitriles is 1. The van der Waals surface area contributed by atoms with Gasteiger partial charge in [-0.05, 0) is 22.8 Å². The Morgan fingerprint density at radius 1 is 1.00 bits per heavy atom. The summed E-state index contributed by atoms with van der Waals surface area (Å²) in [4.78, 5) is 0. The first-order valence-corrected chi connectivity index (χ1v) is 6.78. The highest BCUT2D eigenvalue weighted by Crippen LogP contribution is 2.14. The predicted molar refractivity (Wildman–Crippen MR) is 79.2 cm³/mol. The van der Waals surface area contributed by atoms with Crippen molar-refractivity contribution >= 4 is 28.1 Å². The van der Waals surface area contributed by atoms with Crippen LogP contribution in [0.4, 0.5) is 0 Å². The van der Waals surface area contributed by atoms with Crippen LogP contribution in [0.1, 0.15) is 22.3 Å². The largest absolute Gasteiger partial charge is 0.192 e. The maximum absolute atomic E-state index is 8.99. The van der Waals surface area contributed by atoms with E-state index < -0.39 is 0 Å². The zero-order valence-corrected chi connectivity index (χ0v) is 11.4. The first-order valence-electron chi connectivity index (χ1n) is 5.65. The summed E-state index contributed by atoms with van der Waals surface area (Å²) in [6.45, 7) is 0. The molecule has 0 spiro atoms. The van der Waals surface area contributed by atoms with E-state index in [1.165, 1.54) is 5.56 Å². The van der Waals surface area contributed by atoms with Gasteiger partial charge >= 0.3 is 0 Å². The fourth-order valence-electron chi connectivity index (χ4n) is 1.65. The molecule has 0 unspecified atom stereocenters. The average Bonchev–Trinajstić information content (AvgIpc) is 2.46. The summed E-state index contributed by atoms with van der Waals surface area (Å²) in [6, 6.07) is 18.1. The Morgan fingerprint density at radius 3 is 2.39 bits per heavy atom. The Balaban J connectivity index is 2.22. The van der Waals surface area contributed by atoms with Gasteiger partial charge in [-0.15, -0.1) is 0 Å². The van der Waals surface area contributed by atoms with Crippen LogP contribution in [0.2, 0.25) is 0 Å². The van der Waals surface area contributed by atoms with Crippen LogP contribution in [0.15, 0.2) is 48.5 Å². The molecular weight excluding hydrogens is 286 g/mol. The lowest BCUT2D eigenvalue weighted by molar-refractivity contribution is 1.43. The molecule has 0 aromatic heterocycles. The quantitative estimate of drug-likeness (QED) is 0.599. The van der Waals surface area contributed by atoms with Crippen LogP contribution < -0.4 is 0 Å². The minimum absolute atomic E-state index is 0.700. The molecule has 0 aliphatic rings. The minimum atomic E-state index is 0.700. The van der Waals surface area contributed by atoms with Crippen LogP contribution in [0, 0.1) is 11.3 Å². The summed E-state index contributed by atoms with van der Waals surface area (Å²) in [5, 5.41) is 9.86. The molecule has 0 saturated carbocycles. The van der Waals surface area contributed by atoms with Gasteiger partial charge in [-0.3, -0.25) is 0 Å². The lowest BCUT2D eigenvalue weighted by atomic mass is 10.1. The van der Waals surface area contributed by atoms with Gasteiger partial charge in [-0.2, -0.15) is 5.26 Å². The standard InChI is InChI=1S/C16H12BrN/c17-11-14-7-5-13(6-8-14)9-10-15-3-1-2-4-16(15)12-18/h1-10H,11H2. The first kappa shape index (κ1) is 12.6. The van der Waals surface area contributed by atoms with Crippen LogP contribution in [0.3, 0.4) is 0 Å². The van der Waals surface area contributed by atoms with Gasteiger partial charge in [0.05, 0.1) is 11.6 Å². The topological polar surface area (TPSA) is 23.8 Å². The summed E-state index contributed by atoms with van der Waals surface area (Å²) >= 11 is 3.42. The van der Waals surface area contributed by atoms with Crippen LogP contribution in [0.5, 0.6) is 0 Å². The van der Waals surface area contributed by atoms with Crippen LogP contribution >= 0.6 is 15.9 Å². The molecule has 18 heavy (non-hydrogen) atoms. The van der Waals surface area contributed by atoms with Crippen molar-refractivity contribution in [3.05, 3.63) is 70.8 Å². The molecule has 0 N–H and O–H groups in total. The van der Waals surface area contributed by atoms with E-state index in [9.17, 15) is 0 Å². The van der Waals surface area contributed by atoms with Crippen molar-refractivity contribution in [2.45, 2.75) is 5.33 Å². The molecule has 0 amide bonds. The van der Waals surface area contributed by atoms with E-state index >= 15 is 0 Å². The normalized spacial score (nSPS) is 10.4. The molecule has 0 aliphatic carbocycles. The Hall–Kier alpha value is -1.85. The van der Waals surface area contributed by atoms with Gasteiger partial charge in [0.15, 0.2) is 0 Å². The van der Waals surface area contributed by atoms with E-state index in [0.29, 0.717) is 5.56 Å². The third-order valence-electron chi connectivity index (χ3n) is 2.67. The molecule has 2 heteroatoms. The molecule has 0 fully saturated rings. The molecule has 0 bridgehead atoms. The molecule has 2 rings (SSSR count). The maximum atomic E-state index is 8.99. The predicted octanol–water partition coefficient (Wildman–Crippen LogP) is 4.62. The number of benzene rings is 2. The maximum Gasteiger partial charge on any atom is 0.0997 e. The fraction of sp³-hybridized carbons (Fsp3) is 0.0625. The van der Waals surface area contributed by atoms with E-state index in [1.54, 1.807) is 0 Å². The SMILES string of the molecule is N#Cc1ccccc1C=Cc1ccc(CBr)cc1. The van der Waals surface area contributed by atoms with Gasteiger partial charge in [0.25, 0.3) is 0 Å². The van der Waals surface area contributed by atoms with E-state index in [2.05, 4.69) is 46.3 Å². The van der Waals surface area contributed by atoms with Crippen LogP contribution in [-0.2, 0) is 5.33 Å². The lowest BCUT2D eigenvalue weighted by Gasteiger charge is -1.98. The van der Waals surface area contributed by atoms with E-state index in [0.717, 1.165) is 16.5 Å². The molecule has 0 aliphatic heterocycles. The van der Waals surface area contributed by atoms with Crippen molar-refractivity contribution in [3.8, 4) is 6.07 Å². The molecule has 0 atom stereocenters. The van der Waals surface area contributed by atoms with Gasteiger partial charge in [-0.1, -0.05) is 70.5 Å². The van der Waals surface area contributed by atoms with E-state index in [-0.39, 0.29) is 0 Å². The van der Waals surface area contributed by atoms with Crippen LogP contribution in [0.25, 0.3) is 12.2 Å². The third kappa shape index (κ3) is 3.09. The highest BCUT2D eigenvalue weighted by atomic mass is 79.9. The second-order valence-electron chi connectivity index (χ2n) is 3.91. The molecule has 1 nitrogen and oxygen atoms in total. The first-order chi connectivity index (χ1) is 8.83. The summed E-state index contributed by atoms with van der Waals surface area (Å²) in [7, 11) is 0. The lowest BCUT2D eigenvalue weighted by Crippen LogP contribution is -1.80. The zero-order valence-electron chi connectivity index (χ0n) is 9.81. The van der Waals surface area contributed by atoms with Gasteiger partial charge in [0.1, 0.15) is 0 Å². The zero-order chi connectivity index (χ0) is 12.8. The molecule has 2 aromatic rings. The van der Waals surface area contributed by atoms with Crippen molar-refractivity contribution in [2.75, 3.05) is 0 Å². The molecule has 88 valence electrons. The second kappa shape index (κ2) is 6.18. The number of alkyl halides is 1. The highest BCUT2D eigenvalue weighted by molar-refractivity contribution is 9.08. The summed E-state index contributed by atoms with van der Waals surface area (Å²) < 4.78 is 0.